The predicted octanol–water partition coefficient (Wildman–Crippen LogP) is 5.76. The van der Waals surface area contributed by atoms with Crippen molar-refractivity contribution in [3.05, 3.63) is 33.8 Å². The molecular weight excluding hydrogens is 670 g/mol. The summed E-state index contributed by atoms with van der Waals surface area (Å²) >= 11 is 13.7. The fourth-order valence-electron chi connectivity index (χ4n) is 4.58. The first-order valence-corrected chi connectivity index (χ1v) is 16.3. The number of hydrogen-bond donors (Lipinski definition) is 1. The first-order chi connectivity index (χ1) is 20.4. The summed E-state index contributed by atoms with van der Waals surface area (Å²) in [5.41, 5.74) is -0.883. The van der Waals surface area contributed by atoms with Crippen molar-refractivity contribution in [2.45, 2.75) is 63.6 Å². The Hall–Kier alpha value is -2.79. The highest BCUT2D eigenvalue weighted by Crippen LogP contribution is 2.44. The molecule has 18 heteroatoms. The fraction of sp³-hybridized carbons (Fsp3) is 0.500. The number of nitrogens with zero attached hydrogens (tertiary/aromatic N) is 4. The van der Waals surface area contributed by atoms with E-state index in [1.807, 2.05) is 6.92 Å². The number of nitrogens with one attached hydrogen (secondary N) is 1. The Morgan fingerprint density at radius 2 is 1.89 bits per heavy atom. The first kappa shape index (κ1) is 34.1. The van der Waals surface area contributed by atoms with Crippen molar-refractivity contribution in [2.75, 3.05) is 20.2 Å². The molecule has 11 nitrogen and oxygen atoms in total. The Labute approximate surface area is 265 Å². The molecule has 0 radical (unpaired) electrons. The van der Waals surface area contributed by atoms with E-state index in [4.69, 9.17) is 32.4 Å². The first-order valence-electron chi connectivity index (χ1n) is 13.2. The maximum absolute atomic E-state index is 13.8. The van der Waals surface area contributed by atoms with Crippen molar-refractivity contribution >= 4 is 56.4 Å². The number of aromatic nitrogens is 3. The smallest absolute Gasteiger partial charge is 0.402 e. The average Bonchev–Trinajstić information content (AvgIpc) is 3.59. The number of likely N-dealkylation sites (tertiary alicyclic amines) is 1. The Morgan fingerprint density at radius 1 is 1.18 bits per heavy atom. The lowest BCUT2D eigenvalue weighted by atomic mass is 9.89. The zero-order valence-electron chi connectivity index (χ0n) is 23.9. The topological polar surface area (TPSA) is 145 Å². The minimum atomic E-state index is -4.80. The minimum absolute atomic E-state index is 0.0304. The predicted molar refractivity (Wildman–Crippen MR) is 156 cm³/mol. The van der Waals surface area contributed by atoms with Gasteiger partial charge in [-0.05, 0) is 46.1 Å². The van der Waals surface area contributed by atoms with Gasteiger partial charge in [0.1, 0.15) is 17.1 Å². The van der Waals surface area contributed by atoms with Gasteiger partial charge >= 0.3 is 12.1 Å². The standard InChI is InChI=1S/C26H28Cl2F3N5O6S2/c1-13-7-5-6-10-36(13)23(37)19-20(14-8-9-15(18(28)17(14)27)44(39,40)32-12-26(29,30)31)43-22(33-19)21-35-34-16(42-21)11-25(2,3)24(38)41-4/h8-9,13,32H,5-7,10-12H2,1-4H3/t13-/m0/s1. The molecule has 1 aliphatic rings. The van der Waals surface area contributed by atoms with Crippen molar-refractivity contribution < 1.29 is 40.3 Å². The number of carbonyl (C=O) groups excluding carboxylic acids is 2. The number of benzene rings is 1. The number of sulfonamides is 1. The second-order valence-electron chi connectivity index (χ2n) is 10.8. The highest BCUT2D eigenvalue weighted by atomic mass is 35.5. The van der Waals surface area contributed by atoms with Crippen molar-refractivity contribution in [3.63, 3.8) is 0 Å². The van der Waals surface area contributed by atoms with E-state index in [0.29, 0.717) is 6.54 Å². The van der Waals surface area contributed by atoms with E-state index >= 15 is 0 Å². The molecule has 1 N–H and O–H groups in total. The number of thiazole rings is 1. The van der Waals surface area contributed by atoms with Crippen LogP contribution < -0.4 is 4.72 Å². The molecule has 1 saturated heterocycles. The third-order valence-corrected chi connectivity index (χ3v) is 10.4. The molecule has 0 spiro atoms. The van der Waals surface area contributed by atoms with E-state index in [2.05, 4.69) is 15.2 Å². The van der Waals surface area contributed by atoms with Gasteiger partial charge in [-0.1, -0.05) is 29.3 Å². The molecule has 0 aliphatic carbocycles. The van der Waals surface area contributed by atoms with E-state index in [9.17, 15) is 31.2 Å². The molecule has 240 valence electrons. The number of halogens is 5. The summed E-state index contributed by atoms with van der Waals surface area (Å²) in [6.07, 6.45) is -2.22. The van der Waals surface area contributed by atoms with E-state index in [1.54, 1.807) is 18.7 Å². The lowest BCUT2D eigenvalue weighted by Crippen LogP contribution is -2.42. The summed E-state index contributed by atoms with van der Waals surface area (Å²) in [7, 11) is -3.43. The molecule has 2 aromatic heterocycles. The van der Waals surface area contributed by atoms with Crippen LogP contribution >= 0.6 is 34.5 Å². The summed E-state index contributed by atoms with van der Waals surface area (Å²) in [6, 6.07) is 2.15. The summed E-state index contributed by atoms with van der Waals surface area (Å²) in [5, 5.41) is 7.32. The molecule has 3 heterocycles. The number of hydrogen-bond acceptors (Lipinski definition) is 10. The largest absolute Gasteiger partial charge is 0.469 e. The lowest BCUT2D eigenvalue weighted by molar-refractivity contribution is -0.150. The molecule has 4 rings (SSSR count). The molecule has 0 bridgehead atoms. The highest BCUT2D eigenvalue weighted by Gasteiger charge is 2.35. The summed E-state index contributed by atoms with van der Waals surface area (Å²) in [5.74, 6) is -0.831. The van der Waals surface area contributed by atoms with Gasteiger partial charge in [-0.2, -0.15) is 13.2 Å². The van der Waals surface area contributed by atoms with Crippen molar-refractivity contribution in [3.8, 4) is 21.3 Å². The van der Waals surface area contributed by atoms with Gasteiger partial charge in [0.05, 0.1) is 27.4 Å². The van der Waals surface area contributed by atoms with Crippen LogP contribution in [0.15, 0.2) is 21.4 Å². The molecule has 1 fully saturated rings. The number of ether oxygens (including phenoxy) is 1. The number of amides is 1. The second-order valence-corrected chi connectivity index (χ2v) is 14.3. The van der Waals surface area contributed by atoms with Crippen LogP contribution in [0.5, 0.6) is 0 Å². The minimum Gasteiger partial charge on any atom is -0.469 e. The van der Waals surface area contributed by atoms with Crippen LogP contribution in [-0.4, -0.2) is 72.8 Å². The van der Waals surface area contributed by atoms with Crippen LogP contribution in [0.2, 0.25) is 10.0 Å². The van der Waals surface area contributed by atoms with Gasteiger partial charge in [0.2, 0.25) is 15.9 Å². The maximum Gasteiger partial charge on any atom is 0.402 e. The number of piperidine rings is 1. The van der Waals surface area contributed by atoms with Crippen LogP contribution in [-0.2, 0) is 26.0 Å². The summed E-state index contributed by atoms with van der Waals surface area (Å²) < 4.78 is 75.3. The van der Waals surface area contributed by atoms with Crippen molar-refractivity contribution in [1.82, 2.24) is 24.8 Å². The summed E-state index contributed by atoms with van der Waals surface area (Å²) in [6.45, 7) is 3.88. The van der Waals surface area contributed by atoms with Gasteiger partial charge in [0.15, 0.2) is 5.01 Å². The third-order valence-electron chi connectivity index (χ3n) is 6.92. The molecule has 3 aromatic rings. The number of rotatable bonds is 9. The summed E-state index contributed by atoms with van der Waals surface area (Å²) in [4.78, 5) is 31.6. The van der Waals surface area contributed by atoms with Gasteiger partial charge in [-0.3, -0.25) is 9.59 Å². The normalized spacial score (nSPS) is 16.3. The number of esters is 1. The molecule has 0 saturated carbocycles. The third kappa shape index (κ3) is 7.36. The van der Waals surface area contributed by atoms with Gasteiger partial charge < -0.3 is 14.1 Å². The quantitative estimate of drug-likeness (QED) is 0.276. The van der Waals surface area contributed by atoms with Gasteiger partial charge in [-0.15, -0.1) is 21.5 Å². The molecule has 1 atom stereocenters. The Bertz CT molecular complexity index is 1680. The Kier molecular flexibility index (Phi) is 10.00. The van der Waals surface area contributed by atoms with Crippen LogP contribution in [0.1, 0.15) is 56.4 Å². The molecular formula is C26H28Cl2F3N5O6S2. The van der Waals surface area contributed by atoms with Crippen LogP contribution in [0.3, 0.4) is 0 Å². The molecule has 1 aromatic carbocycles. The second kappa shape index (κ2) is 12.9. The number of carbonyl (C=O) groups is 2. The van der Waals surface area contributed by atoms with Crippen LogP contribution in [0.25, 0.3) is 21.3 Å². The van der Waals surface area contributed by atoms with Gasteiger partial charge in [-0.25, -0.2) is 18.1 Å². The number of methoxy groups -OCH3 is 1. The van der Waals surface area contributed by atoms with Crippen LogP contribution in [0, 0.1) is 5.41 Å². The average molecular weight is 699 g/mol. The monoisotopic (exact) mass is 697 g/mol. The zero-order chi connectivity index (χ0) is 32.6. The lowest BCUT2D eigenvalue weighted by Gasteiger charge is -2.33. The Morgan fingerprint density at radius 3 is 2.52 bits per heavy atom. The van der Waals surface area contributed by atoms with Gasteiger partial charge in [0, 0.05) is 24.6 Å². The number of alkyl halides is 3. The molecule has 1 aliphatic heterocycles. The van der Waals surface area contributed by atoms with E-state index < -0.39 is 50.0 Å². The fourth-order valence-corrected chi connectivity index (χ4v) is 7.53. The van der Waals surface area contributed by atoms with E-state index in [-0.39, 0.29) is 50.4 Å². The van der Waals surface area contributed by atoms with E-state index in [1.165, 1.54) is 17.9 Å². The highest BCUT2D eigenvalue weighted by molar-refractivity contribution is 7.89. The maximum atomic E-state index is 13.8. The van der Waals surface area contributed by atoms with E-state index in [0.717, 1.165) is 36.7 Å². The molecule has 0 unspecified atom stereocenters. The Balaban J connectivity index is 1.78. The van der Waals surface area contributed by atoms with Crippen molar-refractivity contribution in [1.29, 1.82) is 0 Å². The van der Waals surface area contributed by atoms with Crippen molar-refractivity contribution in [2.24, 2.45) is 5.41 Å². The molecule has 1 amide bonds. The zero-order valence-corrected chi connectivity index (χ0v) is 27.1. The SMILES string of the molecule is COC(=O)C(C)(C)Cc1nnc(-c2nc(C(=O)N3CCCC[C@@H]3C)c(-c3ccc(S(=O)(=O)NCC(F)(F)F)c(Cl)c3Cl)s2)o1. The van der Waals surface area contributed by atoms with Gasteiger partial charge in [0.25, 0.3) is 11.8 Å². The molecule has 44 heavy (non-hydrogen) atoms. The van der Waals surface area contributed by atoms with Crippen LogP contribution in [0.4, 0.5) is 13.2 Å².